The molecule has 1 aliphatic carbocycles. The van der Waals surface area contributed by atoms with Gasteiger partial charge < -0.3 is 14.2 Å². The van der Waals surface area contributed by atoms with E-state index in [1.165, 1.54) is 27.8 Å². The van der Waals surface area contributed by atoms with E-state index in [1.54, 1.807) is 0 Å². The Balaban J connectivity index is 1.65. The number of ether oxygens (including phenoxy) is 3. The Kier molecular flexibility index (Phi) is 7.37. The molecule has 7 atom stereocenters. The molecule has 4 bridgehead atoms. The Labute approximate surface area is 257 Å². The molecular weight excluding hydrogens is 554 g/mol. The number of rotatable bonds is 6. The quantitative estimate of drug-likeness (QED) is 0.308. The van der Waals surface area contributed by atoms with Gasteiger partial charge in [-0.2, -0.15) is 0 Å². The molecule has 4 fully saturated rings. The van der Waals surface area contributed by atoms with Gasteiger partial charge in [0.15, 0.2) is 12.1 Å². The molecule has 2 aromatic carbocycles. The summed E-state index contributed by atoms with van der Waals surface area (Å²) in [6, 6.07) is 22.2. The zero-order chi connectivity index (χ0) is 30.3. The monoisotopic (exact) mass is 604 g/mol. The zero-order valence-electron chi connectivity index (χ0n) is 27.1. The van der Waals surface area contributed by atoms with Crippen molar-refractivity contribution in [3.05, 3.63) is 89.0 Å². The third-order valence-electron chi connectivity index (χ3n) is 10.5. The van der Waals surface area contributed by atoms with Crippen LogP contribution in [0.2, 0.25) is 0 Å². The highest BCUT2D eigenvalue weighted by molar-refractivity contribution is 7.61. The van der Waals surface area contributed by atoms with Gasteiger partial charge in [-0.05, 0) is 71.3 Å². The second-order valence-corrected chi connectivity index (χ2v) is 19.8. The Morgan fingerprint density at radius 2 is 1.43 bits per heavy atom. The average molecular weight is 605 g/mol. The minimum atomic E-state index is -0.630. The lowest BCUT2D eigenvalue weighted by Crippen LogP contribution is -2.80. The van der Waals surface area contributed by atoms with Crippen molar-refractivity contribution >= 4 is 22.7 Å². The van der Waals surface area contributed by atoms with Crippen molar-refractivity contribution < 1.29 is 14.2 Å². The highest BCUT2D eigenvalue weighted by Crippen LogP contribution is 2.72. The molecule has 2 aromatic rings. The van der Waals surface area contributed by atoms with Crippen LogP contribution in [-0.4, -0.2) is 45.9 Å². The number of hydrogen-bond acceptors (Lipinski definition) is 3. The molecule has 4 heterocycles. The summed E-state index contributed by atoms with van der Waals surface area (Å²) < 4.78 is 20.5. The van der Waals surface area contributed by atoms with Gasteiger partial charge in [-0.15, -0.1) is 9.24 Å². The first-order valence-electron chi connectivity index (χ1n) is 15.7. The van der Waals surface area contributed by atoms with Gasteiger partial charge in [0.25, 0.3) is 0 Å². The first-order valence-corrected chi connectivity index (χ1v) is 18.0. The minimum Gasteiger partial charge on any atom is -0.345 e. The standard InChI is InChI=1S/C37H50O3P2/c1-32(2,3)42(33(4,5)6)22-27-20-28(25-16-12-10-13-17-25)30(26-18-14-11-15-19-26)31(27)37(24-41)34(7)21-29-38-35(37,8)23-36(9,39-29)40-34/h10-20,29-30H,21-24,41H2,1-9H3. The number of hydrogen-bond donors (Lipinski definition) is 0. The molecule has 0 radical (unpaired) electrons. The molecule has 4 aliphatic heterocycles. The van der Waals surface area contributed by atoms with Crippen LogP contribution in [0.15, 0.2) is 77.9 Å². The van der Waals surface area contributed by atoms with Gasteiger partial charge in [-0.1, -0.05) is 116 Å². The Morgan fingerprint density at radius 1 is 0.833 bits per heavy atom. The lowest BCUT2D eigenvalue weighted by atomic mass is 9.50. The molecule has 42 heavy (non-hydrogen) atoms. The fourth-order valence-corrected chi connectivity index (χ4v) is 14.0. The average Bonchev–Trinajstić information content (AvgIpc) is 3.25. The molecule has 0 N–H and O–H groups in total. The molecule has 7 rings (SSSR count). The lowest BCUT2D eigenvalue weighted by molar-refractivity contribution is -0.506. The van der Waals surface area contributed by atoms with Gasteiger partial charge in [0, 0.05) is 18.8 Å². The van der Waals surface area contributed by atoms with Crippen molar-refractivity contribution in [2.45, 2.75) is 115 Å². The van der Waals surface area contributed by atoms with Crippen molar-refractivity contribution in [2.24, 2.45) is 5.41 Å². The molecule has 7 unspecified atom stereocenters. The van der Waals surface area contributed by atoms with Gasteiger partial charge in [0.05, 0.1) is 16.6 Å². The Bertz CT molecular complexity index is 1360. The zero-order valence-corrected chi connectivity index (χ0v) is 29.1. The predicted octanol–water partition coefficient (Wildman–Crippen LogP) is 9.53. The highest BCUT2D eigenvalue weighted by atomic mass is 31.1. The molecule has 0 amide bonds. The molecule has 3 nitrogen and oxygen atoms in total. The molecule has 226 valence electrons. The van der Waals surface area contributed by atoms with E-state index in [-0.39, 0.29) is 35.9 Å². The van der Waals surface area contributed by atoms with Crippen molar-refractivity contribution in [1.29, 1.82) is 0 Å². The van der Waals surface area contributed by atoms with Gasteiger partial charge in [0.1, 0.15) is 0 Å². The van der Waals surface area contributed by atoms with Crippen molar-refractivity contribution in [3.8, 4) is 0 Å². The van der Waals surface area contributed by atoms with E-state index in [9.17, 15) is 0 Å². The van der Waals surface area contributed by atoms with Crippen LogP contribution in [0.3, 0.4) is 0 Å². The van der Waals surface area contributed by atoms with Crippen LogP contribution in [0, 0.1) is 5.41 Å². The van der Waals surface area contributed by atoms with Crippen LogP contribution in [0.1, 0.15) is 92.2 Å². The van der Waals surface area contributed by atoms with Crippen LogP contribution in [-0.2, 0) is 14.2 Å². The van der Waals surface area contributed by atoms with E-state index in [1.807, 2.05) is 0 Å². The lowest BCUT2D eigenvalue weighted by Gasteiger charge is -2.73. The summed E-state index contributed by atoms with van der Waals surface area (Å²) in [5.41, 5.74) is 5.81. The van der Waals surface area contributed by atoms with E-state index in [0.29, 0.717) is 6.42 Å². The van der Waals surface area contributed by atoms with Crippen LogP contribution < -0.4 is 0 Å². The van der Waals surface area contributed by atoms with Crippen LogP contribution in [0.5, 0.6) is 0 Å². The van der Waals surface area contributed by atoms with Crippen LogP contribution in [0.25, 0.3) is 5.57 Å². The second-order valence-electron chi connectivity index (χ2n) is 15.5. The summed E-state index contributed by atoms with van der Waals surface area (Å²) in [4.78, 5) is 0. The third kappa shape index (κ3) is 4.64. The van der Waals surface area contributed by atoms with Crippen molar-refractivity contribution in [3.63, 3.8) is 0 Å². The van der Waals surface area contributed by atoms with Gasteiger partial charge in [0.2, 0.25) is 0 Å². The van der Waals surface area contributed by atoms with E-state index in [4.69, 9.17) is 14.2 Å². The fraction of sp³-hybridized carbons (Fsp3) is 0.568. The molecule has 5 aliphatic rings. The second kappa shape index (κ2) is 10.1. The maximum absolute atomic E-state index is 7.13. The predicted molar refractivity (Wildman–Crippen MR) is 180 cm³/mol. The maximum atomic E-state index is 7.13. The molecule has 0 spiro atoms. The van der Waals surface area contributed by atoms with Crippen LogP contribution in [0.4, 0.5) is 0 Å². The molecular formula is C37H50O3P2. The Morgan fingerprint density at radius 3 is 1.95 bits per heavy atom. The van der Waals surface area contributed by atoms with E-state index < -0.39 is 17.0 Å². The first-order chi connectivity index (χ1) is 19.6. The van der Waals surface area contributed by atoms with E-state index in [0.717, 1.165) is 18.7 Å². The van der Waals surface area contributed by atoms with E-state index >= 15 is 0 Å². The first kappa shape index (κ1) is 30.7. The highest BCUT2D eigenvalue weighted by Gasteiger charge is 2.76. The summed E-state index contributed by atoms with van der Waals surface area (Å²) in [5, 5.41) is 0.412. The normalized spacial score (nSPS) is 36.2. The minimum absolute atomic E-state index is 0.119. The van der Waals surface area contributed by atoms with Crippen LogP contribution >= 0.6 is 17.2 Å². The number of allylic oxidation sites excluding steroid dienone is 3. The van der Waals surface area contributed by atoms with Gasteiger partial charge in [-0.3, -0.25) is 0 Å². The topological polar surface area (TPSA) is 27.7 Å². The summed E-state index contributed by atoms with van der Waals surface area (Å²) in [5.74, 6) is -0.512. The number of benzene rings is 2. The third-order valence-corrected chi connectivity index (χ3v) is 15.0. The smallest absolute Gasteiger partial charge is 0.172 e. The van der Waals surface area contributed by atoms with Crippen molar-refractivity contribution in [1.82, 2.24) is 0 Å². The summed E-state index contributed by atoms with van der Waals surface area (Å²) in [6.07, 6.45) is 5.73. The van der Waals surface area contributed by atoms with Gasteiger partial charge in [-0.25, -0.2) is 0 Å². The summed E-state index contributed by atoms with van der Waals surface area (Å²) >= 11 is 0. The maximum Gasteiger partial charge on any atom is 0.172 e. The summed E-state index contributed by atoms with van der Waals surface area (Å²) in [7, 11) is 2.79. The van der Waals surface area contributed by atoms with Gasteiger partial charge >= 0.3 is 0 Å². The summed E-state index contributed by atoms with van der Waals surface area (Å²) in [6.45, 7) is 21.5. The molecule has 0 aromatic heterocycles. The molecule has 5 heteroatoms. The SMILES string of the molecule is CC12CC3(C)OC(CC(C)(O1)C3(CP)C1=C(CP(C(C)(C)C)C(C)(C)C)C=C(c3ccccc3)C1c1ccccc1)O2. The molecule has 4 saturated heterocycles. The van der Waals surface area contributed by atoms with E-state index in [2.05, 4.69) is 138 Å². The van der Waals surface area contributed by atoms with Crippen molar-refractivity contribution in [2.75, 3.05) is 12.3 Å². The Hall–Kier alpha value is -1.34. The molecule has 0 saturated carbocycles. The largest absolute Gasteiger partial charge is 0.345 e. The fourth-order valence-electron chi connectivity index (χ4n) is 9.32.